The molecular weight excluding hydrogens is 256 g/mol. The molecule has 0 radical (unpaired) electrons. The Balaban J connectivity index is 1.66. The molecule has 2 rings (SSSR count). The number of likely N-dealkylation sites (tertiary alicyclic amines) is 1. The van der Waals surface area contributed by atoms with E-state index >= 15 is 0 Å². The molecule has 1 aliphatic carbocycles. The van der Waals surface area contributed by atoms with Crippen LogP contribution in [0.5, 0.6) is 0 Å². The summed E-state index contributed by atoms with van der Waals surface area (Å²) in [6, 6.07) is 1.61. The number of nitrogens with zero attached hydrogens (tertiary/aromatic N) is 1. The Morgan fingerprint density at radius 1 is 1.05 bits per heavy atom. The fraction of sp³-hybridized carbons (Fsp3) is 1.00. The minimum atomic E-state index is 0.797. The normalized spacial score (nSPS) is 29.1. The van der Waals surface area contributed by atoms with Crippen LogP contribution in [0.2, 0.25) is 0 Å². The monoisotopic (exact) mass is 294 g/mol. The van der Waals surface area contributed by atoms with Gasteiger partial charge in [0.05, 0.1) is 0 Å². The summed E-state index contributed by atoms with van der Waals surface area (Å²) in [6.07, 6.45) is 12.7. The van der Waals surface area contributed by atoms with Gasteiger partial charge in [-0.05, 0) is 70.0 Å². The average molecular weight is 295 g/mol. The number of rotatable bonds is 7. The third-order valence-corrected chi connectivity index (χ3v) is 5.47. The molecule has 0 aromatic rings. The van der Waals surface area contributed by atoms with Gasteiger partial charge in [-0.3, -0.25) is 0 Å². The summed E-state index contributed by atoms with van der Waals surface area (Å²) < 4.78 is 0. The highest BCUT2D eigenvalue weighted by atomic mass is 15.1. The Hall–Kier alpha value is -0.0800. The molecule has 2 nitrogen and oxygen atoms in total. The standard InChI is InChI=1S/C19H38N2/c1-4-5-11-21-12-9-18(10-13-21)20-19-8-6-7-17(15-19)14-16(2)3/h16-20H,4-15H2,1-3H3. The summed E-state index contributed by atoms with van der Waals surface area (Å²) in [5.74, 6) is 1.86. The molecule has 0 aromatic carbocycles. The lowest BCUT2D eigenvalue weighted by Crippen LogP contribution is -2.47. The van der Waals surface area contributed by atoms with E-state index in [0.29, 0.717) is 0 Å². The maximum Gasteiger partial charge on any atom is 0.00940 e. The second kappa shape index (κ2) is 9.15. The Kier molecular flexibility index (Phi) is 7.53. The fourth-order valence-corrected chi connectivity index (χ4v) is 4.36. The van der Waals surface area contributed by atoms with E-state index in [0.717, 1.165) is 23.9 Å². The minimum absolute atomic E-state index is 0.797. The van der Waals surface area contributed by atoms with Crippen molar-refractivity contribution in [2.45, 2.75) is 90.6 Å². The van der Waals surface area contributed by atoms with Crippen LogP contribution in [0.1, 0.15) is 78.6 Å². The molecule has 124 valence electrons. The quantitative estimate of drug-likeness (QED) is 0.746. The Bertz CT molecular complexity index is 269. The van der Waals surface area contributed by atoms with E-state index in [1.54, 1.807) is 0 Å². The molecule has 2 unspecified atom stereocenters. The van der Waals surface area contributed by atoms with Crippen molar-refractivity contribution in [3.05, 3.63) is 0 Å². The summed E-state index contributed by atoms with van der Waals surface area (Å²) in [7, 11) is 0. The topological polar surface area (TPSA) is 15.3 Å². The van der Waals surface area contributed by atoms with Crippen LogP contribution in [0, 0.1) is 11.8 Å². The molecule has 0 spiro atoms. The molecule has 1 saturated heterocycles. The molecule has 0 aromatic heterocycles. The first kappa shape index (κ1) is 17.3. The van der Waals surface area contributed by atoms with Gasteiger partial charge in [0, 0.05) is 12.1 Å². The van der Waals surface area contributed by atoms with Crippen LogP contribution in [0.25, 0.3) is 0 Å². The fourth-order valence-electron chi connectivity index (χ4n) is 4.36. The van der Waals surface area contributed by atoms with Crippen LogP contribution in [0.4, 0.5) is 0 Å². The van der Waals surface area contributed by atoms with Gasteiger partial charge in [0.1, 0.15) is 0 Å². The Morgan fingerprint density at radius 3 is 2.48 bits per heavy atom. The van der Waals surface area contributed by atoms with Gasteiger partial charge in [-0.2, -0.15) is 0 Å². The summed E-state index contributed by atoms with van der Waals surface area (Å²) in [6.45, 7) is 11.0. The maximum atomic E-state index is 4.01. The van der Waals surface area contributed by atoms with E-state index in [9.17, 15) is 0 Å². The molecule has 1 aliphatic heterocycles. The van der Waals surface area contributed by atoms with E-state index in [1.807, 2.05) is 0 Å². The molecule has 1 saturated carbocycles. The van der Waals surface area contributed by atoms with Gasteiger partial charge >= 0.3 is 0 Å². The van der Waals surface area contributed by atoms with E-state index in [4.69, 9.17) is 0 Å². The van der Waals surface area contributed by atoms with Crippen LogP contribution in [0.15, 0.2) is 0 Å². The maximum absolute atomic E-state index is 4.01. The smallest absolute Gasteiger partial charge is 0.00940 e. The van der Waals surface area contributed by atoms with Crippen molar-refractivity contribution in [2.24, 2.45) is 11.8 Å². The van der Waals surface area contributed by atoms with Crippen molar-refractivity contribution in [3.8, 4) is 0 Å². The van der Waals surface area contributed by atoms with E-state index in [2.05, 4.69) is 31.0 Å². The molecule has 2 atom stereocenters. The van der Waals surface area contributed by atoms with Gasteiger partial charge in [0.25, 0.3) is 0 Å². The summed E-state index contributed by atoms with van der Waals surface area (Å²) in [5, 5.41) is 4.01. The summed E-state index contributed by atoms with van der Waals surface area (Å²) in [5.41, 5.74) is 0. The van der Waals surface area contributed by atoms with Crippen LogP contribution < -0.4 is 5.32 Å². The van der Waals surface area contributed by atoms with Crippen molar-refractivity contribution in [1.82, 2.24) is 10.2 Å². The predicted molar refractivity (Wildman–Crippen MR) is 92.7 cm³/mol. The highest BCUT2D eigenvalue weighted by molar-refractivity contribution is 4.84. The molecule has 1 heterocycles. The molecule has 1 N–H and O–H groups in total. The Labute approximate surface area is 133 Å². The first-order chi connectivity index (χ1) is 10.2. The number of unbranched alkanes of at least 4 members (excludes halogenated alkanes) is 1. The van der Waals surface area contributed by atoms with Gasteiger partial charge in [-0.25, -0.2) is 0 Å². The molecule has 0 bridgehead atoms. The second-order valence-electron chi connectivity index (χ2n) is 8.00. The van der Waals surface area contributed by atoms with Gasteiger partial charge in [0.2, 0.25) is 0 Å². The van der Waals surface area contributed by atoms with Gasteiger partial charge in [0.15, 0.2) is 0 Å². The number of hydrogen-bond donors (Lipinski definition) is 1. The zero-order chi connectivity index (χ0) is 15.1. The van der Waals surface area contributed by atoms with Gasteiger partial charge in [-0.15, -0.1) is 0 Å². The number of hydrogen-bond acceptors (Lipinski definition) is 2. The van der Waals surface area contributed by atoms with Crippen LogP contribution >= 0.6 is 0 Å². The number of piperidine rings is 1. The first-order valence-electron chi connectivity index (χ1n) is 9.65. The van der Waals surface area contributed by atoms with Crippen molar-refractivity contribution in [1.29, 1.82) is 0 Å². The van der Waals surface area contributed by atoms with Gasteiger partial charge in [-0.1, -0.05) is 40.0 Å². The van der Waals surface area contributed by atoms with Crippen LogP contribution in [-0.2, 0) is 0 Å². The zero-order valence-corrected chi connectivity index (χ0v) is 14.7. The highest BCUT2D eigenvalue weighted by Crippen LogP contribution is 2.30. The van der Waals surface area contributed by atoms with Crippen LogP contribution in [0.3, 0.4) is 0 Å². The summed E-state index contributed by atoms with van der Waals surface area (Å²) in [4.78, 5) is 2.67. The van der Waals surface area contributed by atoms with E-state index < -0.39 is 0 Å². The lowest BCUT2D eigenvalue weighted by atomic mass is 9.80. The van der Waals surface area contributed by atoms with Crippen molar-refractivity contribution in [3.63, 3.8) is 0 Å². The highest BCUT2D eigenvalue weighted by Gasteiger charge is 2.26. The summed E-state index contributed by atoms with van der Waals surface area (Å²) >= 11 is 0. The first-order valence-corrected chi connectivity index (χ1v) is 9.65. The zero-order valence-electron chi connectivity index (χ0n) is 14.7. The molecular formula is C19H38N2. The van der Waals surface area contributed by atoms with Crippen molar-refractivity contribution in [2.75, 3.05) is 19.6 Å². The predicted octanol–water partition coefficient (Wildman–Crippen LogP) is 4.45. The molecule has 21 heavy (non-hydrogen) atoms. The Morgan fingerprint density at radius 2 is 1.81 bits per heavy atom. The largest absolute Gasteiger partial charge is 0.311 e. The van der Waals surface area contributed by atoms with E-state index in [-0.39, 0.29) is 0 Å². The molecule has 2 heteroatoms. The SMILES string of the molecule is CCCCN1CCC(NC2CCCC(CC(C)C)C2)CC1. The number of nitrogens with one attached hydrogen (secondary N) is 1. The average Bonchev–Trinajstić information content (AvgIpc) is 2.46. The third-order valence-electron chi connectivity index (χ3n) is 5.47. The van der Waals surface area contributed by atoms with Crippen molar-refractivity contribution >= 4 is 0 Å². The van der Waals surface area contributed by atoms with Gasteiger partial charge < -0.3 is 10.2 Å². The molecule has 2 fully saturated rings. The minimum Gasteiger partial charge on any atom is -0.311 e. The lowest BCUT2D eigenvalue weighted by Gasteiger charge is -2.37. The molecule has 2 aliphatic rings. The van der Waals surface area contributed by atoms with Crippen molar-refractivity contribution < 1.29 is 0 Å². The molecule has 0 amide bonds. The van der Waals surface area contributed by atoms with E-state index in [1.165, 1.54) is 77.4 Å². The van der Waals surface area contributed by atoms with Crippen LogP contribution in [-0.4, -0.2) is 36.6 Å². The third kappa shape index (κ3) is 6.28. The lowest BCUT2D eigenvalue weighted by molar-refractivity contribution is 0.171. The second-order valence-corrected chi connectivity index (χ2v) is 8.00.